The molecule has 2 nitrogen and oxygen atoms in total. The van der Waals surface area contributed by atoms with Crippen LogP contribution in [0, 0.1) is 17.5 Å². The quantitative estimate of drug-likeness (QED) is 0.610. The zero-order valence-electron chi connectivity index (χ0n) is 5.11. The van der Waals surface area contributed by atoms with Gasteiger partial charge < -0.3 is 10.2 Å². The van der Waals surface area contributed by atoms with E-state index in [4.69, 9.17) is 10.2 Å². The van der Waals surface area contributed by atoms with E-state index in [0.29, 0.717) is 0 Å². The SMILES string of the molecule is Oc1c(F)cc(F)c(O)c1F. The summed E-state index contributed by atoms with van der Waals surface area (Å²) in [5, 5.41) is 16.9. The Kier molecular flexibility index (Phi) is 1.64. The van der Waals surface area contributed by atoms with Gasteiger partial charge in [0.2, 0.25) is 5.82 Å². The number of rotatable bonds is 0. The number of halogens is 3. The molecule has 0 atom stereocenters. The molecule has 1 rings (SSSR count). The fourth-order valence-electron chi connectivity index (χ4n) is 0.570. The summed E-state index contributed by atoms with van der Waals surface area (Å²) in [6.07, 6.45) is 0. The van der Waals surface area contributed by atoms with E-state index in [2.05, 4.69) is 0 Å². The van der Waals surface area contributed by atoms with Crippen LogP contribution in [0.5, 0.6) is 11.5 Å². The third-order valence-electron chi connectivity index (χ3n) is 1.12. The lowest BCUT2D eigenvalue weighted by molar-refractivity contribution is 0.347. The molecule has 0 unspecified atom stereocenters. The van der Waals surface area contributed by atoms with E-state index >= 15 is 0 Å². The molecule has 1 aromatic rings. The highest BCUT2D eigenvalue weighted by molar-refractivity contribution is 5.36. The van der Waals surface area contributed by atoms with Gasteiger partial charge in [-0.05, 0) is 0 Å². The van der Waals surface area contributed by atoms with Crippen molar-refractivity contribution in [1.82, 2.24) is 0 Å². The minimum Gasteiger partial charge on any atom is -0.503 e. The van der Waals surface area contributed by atoms with Crippen molar-refractivity contribution in [2.45, 2.75) is 0 Å². The van der Waals surface area contributed by atoms with Gasteiger partial charge in [0.1, 0.15) is 0 Å². The summed E-state index contributed by atoms with van der Waals surface area (Å²) in [6.45, 7) is 0. The fourth-order valence-corrected chi connectivity index (χ4v) is 0.570. The molecule has 5 heteroatoms. The van der Waals surface area contributed by atoms with Crippen molar-refractivity contribution in [3.8, 4) is 11.5 Å². The molecule has 0 heterocycles. The van der Waals surface area contributed by atoms with Crippen molar-refractivity contribution in [1.29, 1.82) is 0 Å². The zero-order chi connectivity index (χ0) is 8.59. The fraction of sp³-hybridized carbons (Fsp3) is 0. The molecule has 0 fully saturated rings. The second-order valence-electron chi connectivity index (χ2n) is 1.85. The third kappa shape index (κ3) is 1.09. The Labute approximate surface area is 59.5 Å². The van der Waals surface area contributed by atoms with Crippen LogP contribution in [-0.2, 0) is 0 Å². The maximum absolute atomic E-state index is 12.3. The Hall–Kier alpha value is -1.39. The van der Waals surface area contributed by atoms with Gasteiger partial charge in [-0.3, -0.25) is 0 Å². The summed E-state index contributed by atoms with van der Waals surface area (Å²) in [4.78, 5) is 0. The van der Waals surface area contributed by atoms with Gasteiger partial charge in [-0.15, -0.1) is 0 Å². The third-order valence-corrected chi connectivity index (χ3v) is 1.12. The van der Waals surface area contributed by atoms with Crippen LogP contribution >= 0.6 is 0 Å². The summed E-state index contributed by atoms with van der Waals surface area (Å²) in [5.41, 5.74) is 0. The monoisotopic (exact) mass is 164 g/mol. The smallest absolute Gasteiger partial charge is 0.212 e. The van der Waals surface area contributed by atoms with Crippen LogP contribution in [0.15, 0.2) is 6.07 Å². The molecular formula is C6H3F3O2. The maximum atomic E-state index is 12.3. The molecule has 11 heavy (non-hydrogen) atoms. The first-order chi connectivity index (χ1) is 5.04. The minimum atomic E-state index is -1.69. The van der Waals surface area contributed by atoms with Crippen molar-refractivity contribution in [2.75, 3.05) is 0 Å². The van der Waals surface area contributed by atoms with E-state index < -0.39 is 29.0 Å². The highest BCUT2D eigenvalue weighted by Crippen LogP contribution is 2.29. The molecule has 0 amide bonds. The maximum Gasteiger partial charge on any atom is 0.212 e. The lowest BCUT2D eigenvalue weighted by Gasteiger charge is -1.99. The first kappa shape index (κ1) is 7.71. The largest absolute Gasteiger partial charge is 0.503 e. The number of phenols is 2. The summed E-state index contributed by atoms with van der Waals surface area (Å²) in [6, 6.07) is 0.188. The van der Waals surface area contributed by atoms with Crippen LogP contribution in [0.1, 0.15) is 0 Å². The van der Waals surface area contributed by atoms with Crippen molar-refractivity contribution >= 4 is 0 Å². The molecule has 0 aliphatic carbocycles. The van der Waals surface area contributed by atoms with Gasteiger partial charge in [-0.1, -0.05) is 0 Å². The second kappa shape index (κ2) is 2.34. The Balaban J connectivity index is 3.46. The van der Waals surface area contributed by atoms with Crippen molar-refractivity contribution in [3.05, 3.63) is 23.5 Å². The molecule has 0 radical (unpaired) electrons. The highest BCUT2D eigenvalue weighted by atomic mass is 19.1. The molecule has 2 N–H and O–H groups in total. The number of aromatic hydroxyl groups is 2. The number of phenolic OH excluding ortho intramolecular Hbond substituents is 2. The van der Waals surface area contributed by atoms with E-state index in [1.807, 2.05) is 0 Å². The van der Waals surface area contributed by atoms with Crippen LogP contribution in [0.4, 0.5) is 13.2 Å². The van der Waals surface area contributed by atoms with E-state index in [1.165, 1.54) is 0 Å². The Bertz CT molecular complexity index is 272. The molecule has 0 aromatic heterocycles. The van der Waals surface area contributed by atoms with E-state index in [9.17, 15) is 13.2 Å². The lowest BCUT2D eigenvalue weighted by atomic mass is 10.3. The van der Waals surface area contributed by atoms with Crippen molar-refractivity contribution < 1.29 is 23.4 Å². The molecule has 60 valence electrons. The van der Waals surface area contributed by atoms with Gasteiger partial charge in [-0.2, -0.15) is 4.39 Å². The van der Waals surface area contributed by atoms with E-state index in [-0.39, 0.29) is 6.07 Å². The average Bonchev–Trinajstić information content (AvgIpc) is 1.97. The average molecular weight is 164 g/mol. The van der Waals surface area contributed by atoms with Crippen LogP contribution in [0.3, 0.4) is 0 Å². The van der Waals surface area contributed by atoms with E-state index in [0.717, 1.165) is 0 Å². The summed E-state index contributed by atoms with van der Waals surface area (Å²) in [7, 11) is 0. The van der Waals surface area contributed by atoms with Gasteiger partial charge in [0.25, 0.3) is 0 Å². The van der Waals surface area contributed by atoms with Crippen molar-refractivity contribution in [2.24, 2.45) is 0 Å². The van der Waals surface area contributed by atoms with Gasteiger partial charge in [0, 0.05) is 6.07 Å². The Morgan fingerprint density at radius 2 is 1.27 bits per heavy atom. The topological polar surface area (TPSA) is 40.5 Å². The first-order valence-corrected chi connectivity index (χ1v) is 2.59. The minimum absolute atomic E-state index is 0.188. The first-order valence-electron chi connectivity index (χ1n) is 2.59. The zero-order valence-corrected chi connectivity index (χ0v) is 5.11. The molecule has 0 spiro atoms. The summed E-state index contributed by atoms with van der Waals surface area (Å²) < 4.78 is 36.6. The molecule has 0 aliphatic heterocycles. The van der Waals surface area contributed by atoms with Crippen LogP contribution in [-0.4, -0.2) is 10.2 Å². The number of benzene rings is 1. The highest BCUT2D eigenvalue weighted by Gasteiger charge is 2.16. The predicted octanol–water partition coefficient (Wildman–Crippen LogP) is 1.52. The standard InChI is InChI=1S/C6H3F3O2/c7-2-1-3(8)6(11)4(9)5(2)10/h1,10-11H. The summed E-state index contributed by atoms with van der Waals surface area (Å²) >= 11 is 0. The van der Waals surface area contributed by atoms with E-state index in [1.54, 1.807) is 0 Å². The van der Waals surface area contributed by atoms with Crippen LogP contribution in [0.2, 0.25) is 0 Å². The molecule has 0 saturated heterocycles. The molecule has 0 saturated carbocycles. The lowest BCUT2D eigenvalue weighted by Crippen LogP contribution is -1.87. The molecule has 0 aliphatic rings. The number of hydrogen-bond donors (Lipinski definition) is 2. The molecular weight excluding hydrogens is 161 g/mol. The van der Waals surface area contributed by atoms with Gasteiger partial charge >= 0.3 is 0 Å². The van der Waals surface area contributed by atoms with Crippen LogP contribution < -0.4 is 0 Å². The molecule has 1 aromatic carbocycles. The Morgan fingerprint density at radius 3 is 1.64 bits per heavy atom. The number of hydrogen-bond acceptors (Lipinski definition) is 2. The van der Waals surface area contributed by atoms with Gasteiger partial charge in [0.15, 0.2) is 23.1 Å². The summed E-state index contributed by atoms with van der Waals surface area (Å²) in [5.74, 6) is -7.36. The van der Waals surface area contributed by atoms with Gasteiger partial charge in [-0.25, -0.2) is 8.78 Å². The van der Waals surface area contributed by atoms with Crippen molar-refractivity contribution in [3.63, 3.8) is 0 Å². The van der Waals surface area contributed by atoms with Gasteiger partial charge in [0.05, 0.1) is 0 Å². The predicted molar refractivity (Wildman–Crippen MR) is 29.6 cm³/mol. The second-order valence-corrected chi connectivity index (χ2v) is 1.85. The Morgan fingerprint density at radius 1 is 0.909 bits per heavy atom. The molecule has 0 bridgehead atoms. The normalized spacial score (nSPS) is 10.1. The van der Waals surface area contributed by atoms with Crippen LogP contribution in [0.25, 0.3) is 0 Å².